The molecule has 0 saturated carbocycles. The van der Waals surface area contributed by atoms with E-state index in [-0.39, 0.29) is 36.2 Å². The number of carbonyl (C=O) groups is 2. The molecule has 17 heteroatoms. The van der Waals surface area contributed by atoms with Crippen molar-refractivity contribution in [3.63, 3.8) is 0 Å². The van der Waals surface area contributed by atoms with Crippen LogP contribution in [0.2, 0.25) is 10.0 Å². The maximum Gasteiger partial charge on any atom is 0.318 e. The molecule has 4 heterocycles. The van der Waals surface area contributed by atoms with Crippen LogP contribution in [0.5, 0.6) is 11.5 Å². The van der Waals surface area contributed by atoms with E-state index in [4.69, 9.17) is 55.9 Å². The van der Waals surface area contributed by atoms with E-state index in [9.17, 15) is 14.8 Å². The Bertz CT molecular complexity index is 2590. The summed E-state index contributed by atoms with van der Waals surface area (Å²) in [5.41, 5.74) is 5.76. The van der Waals surface area contributed by atoms with Crippen molar-refractivity contribution in [2.45, 2.75) is 25.9 Å². The fraction of sp³-hybridized carbons (Fsp3) is 0.234. The van der Waals surface area contributed by atoms with Crippen LogP contribution in [-0.2, 0) is 25.9 Å². The minimum Gasteiger partial charge on any atom is -0.618 e. The molecule has 2 aromatic heterocycles. The first-order chi connectivity index (χ1) is 30.9. The maximum absolute atomic E-state index is 15.5. The number of amides is 4. The van der Waals surface area contributed by atoms with E-state index in [0.717, 1.165) is 16.0 Å². The van der Waals surface area contributed by atoms with Crippen LogP contribution in [0.4, 0.5) is 18.4 Å². The van der Waals surface area contributed by atoms with Crippen molar-refractivity contribution in [1.82, 2.24) is 25.4 Å². The molecule has 334 valence electrons. The number of nitrogens with zero attached hydrogens (tertiary/aromatic N) is 4. The second kappa shape index (κ2) is 22.7. The highest BCUT2D eigenvalue weighted by Crippen LogP contribution is 2.37. The van der Waals surface area contributed by atoms with Gasteiger partial charge in [-0.25, -0.2) is 18.4 Å². The Hall–Kier alpha value is -5.86. The third kappa shape index (κ3) is 12.0. The van der Waals surface area contributed by atoms with Crippen LogP contribution < -0.4 is 24.8 Å². The first-order valence-corrected chi connectivity index (χ1v) is 21.8. The monoisotopic (exact) mass is 950 g/mol. The number of halogens is 6. The molecule has 0 bridgehead atoms. The molecule has 0 atom stereocenters. The minimum atomic E-state index is -0.420. The Morgan fingerprint density at radius 2 is 1.20 bits per heavy atom. The number of hydrogen-bond acceptors (Lipinski definition) is 6. The summed E-state index contributed by atoms with van der Waals surface area (Å²) in [5, 5.41) is 19.2. The molecule has 11 nitrogen and oxygen atoms in total. The Morgan fingerprint density at radius 1 is 0.703 bits per heavy atom. The summed E-state index contributed by atoms with van der Waals surface area (Å²) in [5.74, 6) is 0.101. The van der Waals surface area contributed by atoms with Gasteiger partial charge in [0.1, 0.15) is 29.7 Å². The van der Waals surface area contributed by atoms with Gasteiger partial charge in [-0.05, 0) is 76.3 Å². The van der Waals surface area contributed by atoms with E-state index in [1.807, 2.05) is 12.1 Å². The summed E-state index contributed by atoms with van der Waals surface area (Å²) >= 11 is 21.7. The number of rotatable bonds is 12. The molecule has 64 heavy (non-hydrogen) atoms. The molecule has 0 aliphatic carbocycles. The molecule has 0 unspecified atom stereocenters. The number of urea groups is 2. The number of hydrogen-bond donors (Lipinski definition) is 2. The quantitative estimate of drug-likeness (QED) is 0.0716. The summed E-state index contributed by atoms with van der Waals surface area (Å²) in [7, 11) is 3.01. The lowest BCUT2D eigenvalue weighted by atomic mass is 9.97. The Balaban J connectivity index is 0.000000200. The number of carbonyl (C=O) groups excluding carboxylic acids is 2. The molecule has 2 saturated heterocycles. The smallest absolute Gasteiger partial charge is 0.318 e. The van der Waals surface area contributed by atoms with Crippen LogP contribution in [0.25, 0.3) is 22.3 Å². The van der Waals surface area contributed by atoms with Gasteiger partial charge in [0.05, 0.1) is 42.9 Å². The number of benzene rings is 4. The lowest BCUT2D eigenvalue weighted by molar-refractivity contribution is -0.615. The topological polar surface area (TPSA) is 123 Å². The summed E-state index contributed by atoms with van der Waals surface area (Å²) in [6.45, 7) is 3.15. The van der Waals surface area contributed by atoms with Gasteiger partial charge in [0.25, 0.3) is 0 Å². The minimum absolute atomic E-state index is 0.0743. The molecular formula is C47H44Cl4F2N6O5. The standard InChI is InChI=1S/C23H21ClFN3O3.C23H21ClFN3O2.CH2Cl2/c1-31-20-8-6-17(22(25)21(20)16-3-2-4-18(24)12-16)11-15-5-7-19(28(30)13-15)14-27-10-9-26-23(27)29;1-30-20-8-6-17(22(25)21(20)16-3-2-4-18(24)12-16)11-15-5-7-19(27-13-15)14-28-10-9-26-23(28)29;2-1-3/h2-8,12-13H,9-11,14H2,1H3,(H,26,29);2-8,12-13H,9-11,14H2,1H3,(H,26,29);1H2. The Kier molecular flexibility index (Phi) is 16.9. The fourth-order valence-electron chi connectivity index (χ4n) is 7.23. The van der Waals surface area contributed by atoms with E-state index in [1.165, 1.54) is 20.4 Å². The largest absolute Gasteiger partial charge is 0.618 e. The highest BCUT2D eigenvalue weighted by molar-refractivity contribution is 6.40. The molecule has 2 aliphatic rings. The Labute approximate surface area is 390 Å². The van der Waals surface area contributed by atoms with Gasteiger partial charge < -0.3 is 35.1 Å². The van der Waals surface area contributed by atoms with Gasteiger partial charge >= 0.3 is 12.1 Å². The maximum atomic E-state index is 15.5. The van der Waals surface area contributed by atoms with Crippen molar-refractivity contribution < 1.29 is 32.6 Å². The summed E-state index contributed by atoms with van der Waals surface area (Å²) in [4.78, 5) is 31.1. The number of methoxy groups -OCH3 is 2. The van der Waals surface area contributed by atoms with Crippen LogP contribution in [0.15, 0.2) is 109 Å². The van der Waals surface area contributed by atoms with Crippen LogP contribution >= 0.6 is 46.4 Å². The molecule has 4 aromatic carbocycles. The summed E-state index contributed by atoms with van der Waals surface area (Å²) in [6.07, 6.45) is 3.77. The third-order valence-electron chi connectivity index (χ3n) is 10.4. The van der Waals surface area contributed by atoms with E-state index in [2.05, 4.69) is 15.6 Å². The summed E-state index contributed by atoms with van der Waals surface area (Å²) in [6, 6.07) is 27.8. The highest BCUT2D eigenvalue weighted by Gasteiger charge is 2.24. The zero-order valence-corrected chi connectivity index (χ0v) is 37.9. The predicted molar refractivity (Wildman–Crippen MR) is 246 cm³/mol. The number of pyridine rings is 2. The molecule has 6 aromatic rings. The van der Waals surface area contributed by atoms with Crippen molar-refractivity contribution in [3.8, 4) is 33.8 Å². The molecule has 0 spiro atoms. The van der Waals surface area contributed by atoms with Gasteiger partial charge in [-0.2, -0.15) is 4.73 Å². The van der Waals surface area contributed by atoms with E-state index >= 15 is 8.78 Å². The van der Waals surface area contributed by atoms with Gasteiger partial charge in [-0.15, -0.1) is 23.2 Å². The second-order valence-corrected chi connectivity index (χ2v) is 16.2. The van der Waals surface area contributed by atoms with Gasteiger partial charge in [0.2, 0.25) is 5.69 Å². The third-order valence-corrected chi connectivity index (χ3v) is 10.8. The van der Waals surface area contributed by atoms with Crippen molar-refractivity contribution >= 4 is 58.5 Å². The van der Waals surface area contributed by atoms with Crippen LogP contribution in [0.1, 0.15) is 33.6 Å². The van der Waals surface area contributed by atoms with E-state index < -0.39 is 5.82 Å². The summed E-state index contributed by atoms with van der Waals surface area (Å²) < 4.78 is 42.4. The number of nitrogens with one attached hydrogen (secondary N) is 2. The highest BCUT2D eigenvalue weighted by atomic mass is 35.5. The van der Waals surface area contributed by atoms with Crippen molar-refractivity contribution in [2.24, 2.45) is 0 Å². The predicted octanol–water partition coefficient (Wildman–Crippen LogP) is 9.99. The van der Waals surface area contributed by atoms with E-state index in [1.54, 1.807) is 101 Å². The SMILES string of the molecule is COc1ccc(Cc2ccc(CN3CCNC3=O)[n+]([O-])c2)c(F)c1-c1cccc(Cl)c1.COc1ccc(Cc2ccc(CN3CCNC3=O)nc2)c(F)c1-c1cccc(Cl)c1.ClCCl. The number of aromatic nitrogens is 2. The van der Waals surface area contributed by atoms with Crippen LogP contribution in [-0.4, -0.2) is 72.6 Å². The zero-order valence-electron chi connectivity index (χ0n) is 34.9. The molecule has 0 radical (unpaired) electrons. The molecular weight excluding hydrogens is 908 g/mol. The number of alkyl halides is 2. The normalized spacial score (nSPS) is 13.1. The van der Waals surface area contributed by atoms with Gasteiger partial charge in [-0.1, -0.05) is 65.7 Å². The van der Waals surface area contributed by atoms with Gasteiger partial charge in [-0.3, -0.25) is 4.98 Å². The molecule has 8 rings (SSSR count). The second-order valence-electron chi connectivity index (χ2n) is 14.5. The number of ether oxygens (including phenoxy) is 2. The van der Waals surface area contributed by atoms with Crippen molar-refractivity contribution in [1.29, 1.82) is 0 Å². The van der Waals surface area contributed by atoms with E-state index in [0.29, 0.717) is 105 Å². The van der Waals surface area contributed by atoms with Crippen molar-refractivity contribution in [2.75, 3.05) is 45.7 Å². The van der Waals surface area contributed by atoms with Crippen LogP contribution in [0.3, 0.4) is 0 Å². The first-order valence-electron chi connectivity index (χ1n) is 20.0. The fourth-order valence-corrected chi connectivity index (χ4v) is 7.61. The molecule has 4 amide bonds. The molecule has 2 fully saturated rings. The molecule has 2 aliphatic heterocycles. The van der Waals surface area contributed by atoms with Gasteiger partial charge in [0, 0.05) is 66.9 Å². The average Bonchev–Trinajstić information content (AvgIpc) is 3.89. The lowest BCUT2D eigenvalue weighted by Gasteiger charge is -2.15. The van der Waals surface area contributed by atoms with Crippen molar-refractivity contribution in [3.05, 3.63) is 170 Å². The van der Waals surface area contributed by atoms with Gasteiger partial charge in [0.15, 0.2) is 6.20 Å². The van der Waals surface area contributed by atoms with Crippen LogP contribution in [0, 0.1) is 16.8 Å². The molecule has 2 N–H and O–H groups in total. The first kappa shape index (κ1) is 47.6. The lowest BCUT2D eigenvalue weighted by Crippen LogP contribution is -2.37. The zero-order chi connectivity index (χ0) is 45.8. The average molecular weight is 953 g/mol. The Morgan fingerprint density at radius 3 is 1.64 bits per heavy atom.